The van der Waals surface area contributed by atoms with Crippen LogP contribution >= 0.6 is 11.6 Å². The third-order valence-electron chi connectivity index (χ3n) is 3.58. The van der Waals surface area contributed by atoms with Gasteiger partial charge in [-0.2, -0.15) is 23.3 Å². The lowest BCUT2D eigenvalue weighted by atomic mass is 10.0. The lowest BCUT2D eigenvalue weighted by molar-refractivity contribution is -0.297. The van der Waals surface area contributed by atoms with Gasteiger partial charge in [0.2, 0.25) is 0 Å². The summed E-state index contributed by atoms with van der Waals surface area (Å²) in [4.78, 5) is 12.5. The van der Waals surface area contributed by atoms with Crippen molar-refractivity contribution >= 4 is 23.2 Å². The van der Waals surface area contributed by atoms with Crippen LogP contribution in [0.15, 0.2) is 23.3 Å². The van der Waals surface area contributed by atoms with E-state index in [4.69, 9.17) is 11.6 Å². The third-order valence-corrected chi connectivity index (χ3v) is 3.90. The summed E-state index contributed by atoms with van der Waals surface area (Å²) in [5.74, 6) is -1.08. The van der Waals surface area contributed by atoms with Crippen molar-refractivity contribution in [3.05, 3.63) is 34.3 Å². The first-order valence-corrected chi connectivity index (χ1v) is 7.44. The largest absolute Gasteiger partial charge is 0.438 e. The fraction of sp³-hybridized carbons (Fsp3) is 0.467. The Morgan fingerprint density at radius 2 is 2.13 bits per heavy atom. The molecule has 2 rings (SSSR count). The number of aryl methyl sites for hydroxylation is 1. The molecule has 1 aliphatic rings. The highest BCUT2D eigenvalue weighted by Crippen LogP contribution is 2.42. The van der Waals surface area contributed by atoms with E-state index in [2.05, 4.69) is 5.10 Å². The zero-order chi connectivity index (χ0) is 17.4. The maximum Gasteiger partial charge on any atom is 0.438 e. The first-order valence-electron chi connectivity index (χ1n) is 7.06. The van der Waals surface area contributed by atoms with Gasteiger partial charge in [-0.25, -0.2) is 0 Å². The quantitative estimate of drug-likeness (QED) is 0.900. The SMILES string of the molecule is CCCC1=NN(C(=O)c2ccc(C)cc2Cl)[C@](O)(C(F)(F)F)C1. The molecule has 0 radical (unpaired) electrons. The minimum absolute atomic E-state index is 0.0127. The normalized spacial score (nSPS) is 21.5. The second kappa shape index (κ2) is 6.13. The van der Waals surface area contributed by atoms with Crippen molar-refractivity contribution in [1.82, 2.24) is 5.01 Å². The summed E-state index contributed by atoms with van der Waals surface area (Å²) in [6.07, 6.45) is -4.96. The Labute approximate surface area is 136 Å². The topological polar surface area (TPSA) is 52.9 Å². The standard InChI is InChI=1S/C15H16ClF3N2O2/c1-3-4-10-8-14(23,15(17,18)19)21(20-10)13(22)11-6-5-9(2)7-12(11)16/h5-7,23H,3-4,8H2,1-2H3/t14-/m1/s1. The van der Waals surface area contributed by atoms with Crippen LogP contribution in [0.4, 0.5) is 13.2 Å². The van der Waals surface area contributed by atoms with Crippen molar-refractivity contribution < 1.29 is 23.1 Å². The van der Waals surface area contributed by atoms with Gasteiger partial charge >= 0.3 is 6.18 Å². The molecule has 1 aromatic carbocycles. The van der Waals surface area contributed by atoms with Crippen LogP contribution in [0.25, 0.3) is 0 Å². The first-order chi connectivity index (χ1) is 10.6. The molecule has 1 amide bonds. The molecule has 1 N–H and O–H groups in total. The Bertz CT molecular complexity index is 661. The van der Waals surface area contributed by atoms with Crippen LogP contribution in [0, 0.1) is 6.92 Å². The number of hydrogen-bond donors (Lipinski definition) is 1. The van der Waals surface area contributed by atoms with E-state index in [9.17, 15) is 23.1 Å². The van der Waals surface area contributed by atoms with Gasteiger partial charge in [0.25, 0.3) is 11.6 Å². The fourth-order valence-corrected chi connectivity index (χ4v) is 2.70. The van der Waals surface area contributed by atoms with Gasteiger partial charge in [-0.3, -0.25) is 4.79 Å². The maximum absolute atomic E-state index is 13.3. The lowest BCUT2D eigenvalue weighted by Crippen LogP contribution is -2.56. The van der Waals surface area contributed by atoms with Crippen LogP contribution < -0.4 is 0 Å². The molecule has 0 aromatic heterocycles. The average Bonchev–Trinajstić information content (AvgIpc) is 2.76. The van der Waals surface area contributed by atoms with Gasteiger partial charge in [-0.1, -0.05) is 31.0 Å². The Morgan fingerprint density at radius 1 is 1.48 bits per heavy atom. The van der Waals surface area contributed by atoms with Gasteiger partial charge < -0.3 is 5.11 Å². The molecule has 126 valence electrons. The number of alkyl halides is 3. The molecule has 0 fully saturated rings. The minimum atomic E-state index is -5.03. The van der Waals surface area contributed by atoms with Crippen LogP contribution in [-0.4, -0.2) is 33.6 Å². The molecular formula is C15H16ClF3N2O2. The van der Waals surface area contributed by atoms with Crippen molar-refractivity contribution in [2.45, 2.75) is 45.0 Å². The van der Waals surface area contributed by atoms with Crippen LogP contribution in [0.2, 0.25) is 5.02 Å². The zero-order valence-electron chi connectivity index (χ0n) is 12.6. The van der Waals surface area contributed by atoms with Gasteiger partial charge in [-0.05, 0) is 31.0 Å². The molecule has 1 aromatic rings. The van der Waals surface area contributed by atoms with E-state index in [1.54, 1.807) is 19.9 Å². The summed E-state index contributed by atoms with van der Waals surface area (Å²) >= 11 is 5.95. The Morgan fingerprint density at radius 3 is 2.65 bits per heavy atom. The average molecular weight is 349 g/mol. The second-order valence-corrected chi connectivity index (χ2v) is 5.91. The van der Waals surface area contributed by atoms with Crippen LogP contribution in [-0.2, 0) is 0 Å². The Balaban J connectivity index is 2.45. The molecule has 0 saturated heterocycles. The van der Waals surface area contributed by atoms with E-state index >= 15 is 0 Å². The number of benzene rings is 1. The summed E-state index contributed by atoms with van der Waals surface area (Å²) in [6.45, 7) is 3.51. The maximum atomic E-state index is 13.3. The number of rotatable bonds is 3. The van der Waals surface area contributed by atoms with Crippen molar-refractivity contribution in [2.24, 2.45) is 5.10 Å². The number of amides is 1. The number of carbonyl (C=O) groups excluding carboxylic acids is 1. The summed E-state index contributed by atoms with van der Waals surface area (Å²) in [7, 11) is 0. The molecular weight excluding hydrogens is 333 g/mol. The van der Waals surface area contributed by atoms with Crippen LogP contribution in [0.5, 0.6) is 0 Å². The highest BCUT2D eigenvalue weighted by molar-refractivity contribution is 6.34. The number of carbonyl (C=O) groups is 1. The van der Waals surface area contributed by atoms with Crippen molar-refractivity contribution in [3.63, 3.8) is 0 Å². The van der Waals surface area contributed by atoms with E-state index in [1.165, 1.54) is 12.1 Å². The molecule has 1 heterocycles. The molecule has 4 nitrogen and oxygen atoms in total. The third kappa shape index (κ3) is 3.21. The molecule has 0 saturated carbocycles. The summed E-state index contributed by atoms with van der Waals surface area (Å²) in [6, 6.07) is 4.34. The number of nitrogens with zero attached hydrogens (tertiary/aromatic N) is 2. The molecule has 0 spiro atoms. The van der Waals surface area contributed by atoms with E-state index in [0.717, 1.165) is 5.56 Å². The van der Waals surface area contributed by atoms with Crippen molar-refractivity contribution in [2.75, 3.05) is 0 Å². The van der Waals surface area contributed by atoms with Gasteiger partial charge in [0.05, 0.1) is 10.6 Å². The van der Waals surface area contributed by atoms with Gasteiger partial charge in [0, 0.05) is 12.1 Å². The Hall–Kier alpha value is -1.60. The van der Waals surface area contributed by atoms with Gasteiger partial charge in [0.15, 0.2) is 0 Å². The molecule has 8 heteroatoms. The van der Waals surface area contributed by atoms with E-state index in [-0.39, 0.29) is 27.7 Å². The molecule has 1 aliphatic heterocycles. The lowest BCUT2D eigenvalue weighted by Gasteiger charge is -2.32. The smallest absolute Gasteiger partial charge is 0.362 e. The highest BCUT2D eigenvalue weighted by Gasteiger charge is 2.63. The van der Waals surface area contributed by atoms with Gasteiger partial charge in [-0.15, -0.1) is 0 Å². The molecule has 1 atom stereocenters. The number of aliphatic hydroxyl groups is 1. The number of hydrazone groups is 1. The number of hydrogen-bond acceptors (Lipinski definition) is 3. The molecule has 0 aliphatic carbocycles. The predicted molar refractivity (Wildman–Crippen MR) is 80.3 cm³/mol. The fourth-order valence-electron chi connectivity index (χ4n) is 2.39. The second-order valence-electron chi connectivity index (χ2n) is 5.51. The van der Waals surface area contributed by atoms with Gasteiger partial charge in [0.1, 0.15) is 0 Å². The highest BCUT2D eigenvalue weighted by atomic mass is 35.5. The van der Waals surface area contributed by atoms with E-state index in [0.29, 0.717) is 6.42 Å². The zero-order valence-corrected chi connectivity index (χ0v) is 13.4. The Kier molecular flexibility index (Phi) is 4.73. The molecule has 0 bridgehead atoms. The molecule has 23 heavy (non-hydrogen) atoms. The number of halogens is 4. The van der Waals surface area contributed by atoms with Crippen LogP contribution in [0.1, 0.15) is 42.1 Å². The summed E-state index contributed by atoms with van der Waals surface area (Å²) in [5.41, 5.74) is -2.59. The monoisotopic (exact) mass is 348 g/mol. The molecule has 0 unspecified atom stereocenters. The van der Waals surface area contributed by atoms with Crippen LogP contribution in [0.3, 0.4) is 0 Å². The van der Waals surface area contributed by atoms with E-state index < -0.39 is 24.2 Å². The van der Waals surface area contributed by atoms with Crippen molar-refractivity contribution in [1.29, 1.82) is 0 Å². The first kappa shape index (κ1) is 17.7. The van der Waals surface area contributed by atoms with Crippen molar-refractivity contribution in [3.8, 4) is 0 Å². The predicted octanol–water partition coefficient (Wildman–Crippen LogP) is 3.90. The summed E-state index contributed by atoms with van der Waals surface area (Å²) < 4.78 is 39.9. The minimum Gasteiger partial charge on any atom is -0.362 e. The summed E-state index contributed by atoms with van der Waals surface area (Å²) in [5, 5.41) is 13.9. The van der Waals surface area contributed by atoms with E-state index in [1.807, 2.05) is 0 Å².